The van der Waals surface area contributed by atoms with E-state index in [4.69, 9.17) is 11.6 Å². The van der Waals surface area contributed by atoms with Gasteiger partial charge in [-0.05, 0) is 37.1 Å². The zero-order valence-electron chi connectivity index (χ0n) is 8.69. The number of hydrogen-bond acceptors (Lipinski definition) is 2. The van der Waals surface area contributed by atoms with Crippen LogP contribution in [-0.2, 0) is 6.54 Å². The lowest BCUT2D eigenvalue weighted by atomic mass is 10.1. The second kappa shape index (κ2) is 4.97. The first-order valence-corrected chi connectivity index (χ1v) is 5.77. The minimum atomic E-state index is -0.147. The third kappa shape index (κ3) is 3.20. The highest BCUT2D eigenvalue weighted by molar-refractivity contribution is 6.30. The van der Waals surface area contributed by atoms with Crippen LogP contribution in [0.25, 0.3) is 0 Å². The van der Waals surface area contributed by atoms with E-state index in [0.29, 0.717) is 0 Å². The molecule has 2 rings (SSSR count). The number of nitrogens with zero attached hydrogens (tertiary/aromatic N) is 1. The average molecular weight is 226 g/mol. The molecular weight excluding hydrogens is 210 g/mol. The third-order valence-corrected chi connectivity index (χ3v) is 3.05. The number of aliphatic hydroxyl groups excluding tert-OH is 1. The number of aliphatic hydroxyl groups is 1. The predicted molar refractivity (Wildman–Crippen MR) is 62.0 cm³/mol. The zero-order chi connectivity index (χ0) is 10.7. The molecule has 1 aromatic carbocycles. The number of halogens is 1. The molecule has 0 saturated carbocycles. The molecule has 1 aliphatic heterocycles. The van der Waals surface area contributed by atoms with Crippen molar-refractivity contribution < 1.29 is 5.11 Å². The molecule has 0 aromatic heterocycles. The number of β-amino-alcohol motifs (C(OH)–C–C–N with tert-alkyl or cyclic N) is 1. The van der Waals surface area contributed by atoms with Crippen molar-refractivity contribution in [1.29, 1.82) is 0 Å². The Bertz CT molecular complexity index is 312. The summed E-state index contributed by atoms with van der Waals surface area (Å²) in [6.07, 6.45) is 1.89. The standard InChI is InChI=1S/C12H16ClNO/c13-11-5-3-10(4-6-11)8-14-7-1-2-12(15)9-14/h3-6,12,15H,1-2,7-9H2/t12-/m1/s1. The number of hydrogen-bond donors (Lipinski definition) is 1. The van der Waals surface area contributed by atoms with Crippen LogP contribution in [0, 0.1) is 0 Å². The molecule has 1 heterocycles. The fraction of sp³-hybridized carbons (Fsp3) is 0.500. The normalized spacial score (nSPS) is 22.9. The monoisotopic (exact) mass is 225 g/mol. The van der Waals surface area contributed by atoms with Crippen molar-refractivity contribution >= 4 is 11.6 Å². The van der Waals surface area contributed by atoms with Crippen molar-refractivity contribution in [1.82, 2.24) is 4.90 Å². The summed E-state index contributed by atoms with van der Waals surface area (Å²) in [5.74, 6) is 0. The van der Waals surface area contributed by atoms with Crippen LogP contribution in [0.4, 0.5) is 0 Å². The van der Waals surface area contributed by atoms with Gasteiger partial charge in [0.05, 0.1) is 6.10 Å². The van der Waals surface area contributed by atoms with Gasteiger partial charge in [0.15, 0.2) is 0 Å². The van der Waals surface area contributed by atoms with Gasteiger partial charge in [-0.2, -0.15) is 0 Å². The molecule has 1 atom stereocenters. The van der Waals surface area contributed by atoms with Crippen molar-refractivity contribution in [2.75, 3.05) is 13.1 Å². The van der Waals surface area contributed by atoms with Crippen LogP contribution in [0.3, 0.4) is 0 Å². The number of piperidine rings is 1. The summed E-state index contributed by atoms with van der Waals surface area (Å²) < 4.78 is 0. The van der Waals surface area contributed by atoms with Crippen LogP contribution in [0.5, 0.6) is 0 Å². The smallest absolute Gasteiger partial charge is 0.0667 e. The van der Waals surface area contributed by atoms with Gasteiger partial charge in [-0.25, -0.2) is 0 Å². The molecule has 15 heavy (non-hydrogen) atoms. The van der Waals surface area contributed by atoms with Crippen molar-refractivity contribution in [3.63, 3.8) is 0 Å². The Balaban J connectivity index is 1.93. The Kier molecular flexibility index (Phi) is 3.62. The minimum Gasteiger partial charge on any atom is -0.392 e. The van der Waals surface area contributed by atoms with Crippen molar-refractivity contribution in [2.24, 2.45) is 0 Å². The lowest BCUT2D eigenvalue weighted by molar-refractivity contribution is 0.0668. The van der Waals surface area contributed by atoms with Crippen molar-refractivity contribution in [2.45, 2.75) is 25.5 Å². The molecule has 1 aliphatic rings. The van der Waals surface area contributed by atoms with Gasteiger partial charge in [-0.1, -0.05) is 23.7 Å². The Morgan fingerprint density at radius 1 is 1.33 bits per heavy atom. The number of rotatable bonds is 2. The summed E-state index contributed by atoms with van der Waals surface area (Å²) in [5.41, 5.74) is 1.26. The summed E-state index contributed by atoms with van der Waals surface area (Å²) in [6, 6.07) is 7.92. The number of benzene rings is 1. The molecule has 1 saturated heterocycles. The molecule has 0 aliphatic carbocycles. The topological polar surface area (TPSA) is 23.5 Å². The summed E-state index contributed by atoms with van der Waals surface area (Å²) in [4.78, 5) is 2.29. The van der Waals surface area contributed by atoms with Crippen LogP contribution in [-0.4, -0.2) is 29.2 Å². The molecular formula is C12H16ClNO. The Morgan fingerprint density at radius 2 is 2.07 bits per heavy atom. The molecule has 0 radical (unpaired) electrons. The van der Waals surface area contributed by atoms with E-state index in [-0.39, 0.29) is 6.10 Å². The van der Waals surface area contributed by atoms with E-state index in [1.807, 2.05) is 24.3 Å². The average Bonchev–Trinajstić information content (AvgIpc) is 2.22. The van der Waals surface area contributed by atoms with Crippen molar-refractivity contribution in [3.8, 4) is 0 Å². The molecule has 82 valence electrons. The fourth-order valence-corrected chi connectivity index (χ4v) is 2.15. The van der Waals surface area contributed by atoms with Crippen molar-refractivity contribution in [3.05, 3.63) is 34.9 Å². The van der Waals surface area contributed by atoms with E-state index >= 15 is 0 Å². The minimum absolute atomic E-state index is 0.147. The highest BCUT2D eigenvalue weighted by Crippen LogP contribution is 2.15. The Morgan fingerprint density at radius 3 is 2.73 bits per heavy atom. The highest BCUT2D eigenvalue weighted by atomic mass is 35.5. The maximum atomic E-state index is 9.54. The first-order valence-electron chi connectivity index (χ1n) is 5.39. The quantitative estimate of drug-likeness (QED) is 0.835. The van der Waals surface area contributed by atoms with Gasteiger partial charge in [0.25, 0.3) is 0 Å². The van der Waals surface area contributed by atoms with Gasteiger partial charge in [0, 0.05) is 18.1 Å². The lowest BCUT2D eigenvalue weighted by Crippen LogP contribution is -2.37. The zero-order valence-corrected chi connectivity index (χ0v) is 9.45. The van der Waals surface area contributed by atoms with Gasteiger partial charge >= 0.3 is 0 Å². The molecule has 1 fully saturated rings. The molecule has 0 unspecified atom stereocenters. The summed E-state index contributed by atoms with van der Waals surface area (Å²) in [7, 11) is 0. The molecule has 2 nitrogen and oxygen atoms in total. The van der Waals surface area contributed by atoms with E-state index in [1.165, 1.54) is 5.56 Å². The van der Waals surface area contributed by atoms with Crippen LogP contribution >= 0.6 is 11.6 Å². The molecule has 0 amide bonds. The lowest BCUT2D eigenvalue weighted by Gasteiger charge is -2.29. The van der Waals surface area contributed by atoms with Crippen LogP contribution in [0.1, 0.15) is 18.4 Å². The maximum absolute atomic E-state index is 9.54. The molecule has 3 heteroatoms. The third-order valence-electron chi connectivity index (χ3n) is 2.80. The summed E-state index contributed by atoms with van der Waals surface area (Å²) >= 11 is 5.82. The Hall–Kier alpha value is -0.570. The van der Waals surface area contributed by atoms with Gasteiger partial charge in [-0.3, -0.25) is 4.90 Å². The largest absolute Gasteiger partial charge is 0.392 e. The second-order valence-electron chi connectivity index (χ2n) is 4.16. The maximum Gasteiger partial charge on any atom is 0.0667 e. The number of likely N-dealkylation sites (tertiary alicyclic amines) is 1. The van der Waals surface area contributed by atoms with Crippen LogP contribution in [0.2, 0.25) is 5.02 Å². The highest BCUT2D eigenvalue weighted by Gasteiger charge is 2.17. The van der Waals surface area contributed by atoms with E-state index in [1.54, 1.807) is 0 Å². The second-order valence-corrected chi connectivity index (χ2v) is 4.59. The SMILES string of the molecule is O[C@@H]1CCCN(Cc2ccc(Cl)cc2)C1. The van der Waals surface area contributed by atoms with Crippen LogP contribution in [0.15, 0.2) is 24.3 Å². The first kappa shape index (κ1) is 10.9. The van der Waals surface area contributed by atoms with Gasteiger partial charge in [0.1, 0.15) is 0 Å². The first-order chi connectivity index (χ1) is 7.24. The Labute approximate surface area is 95.5 Å². The van der Waals surface area contributed by atoms with Gasteiger partial charge in [0.2, 0.25) is 0 Å². The molecule has 1 N–H and O–H groups in total. The summed E-state index contributed by atoms with van der Waals surface area (Å²) in [6.45, 7) is 2.79. The van der Waals surface area contributed by atoms with Gasteiger partial charge < -0.3 is 5.11 Å². The van der Waals surface area contributed by atoms with E-state index in [9.17, 15) is 5.11 Å². The van der Waals surface area contributed by atoms with E-state index in [0.717, 1.165) is 37.5 Å². The van der Waals surface area contributed by atoms with E-state index < -0.39 is 0 Å². The molecule has 0 spiro atoms. The predicted octanol–water partition coefficient (Wildman–Crippen LogP) is 2.30. The molecule has 0 bridgehead atoms. The summed E-state index contributed by atoms with van der Waals surface area (Å²) in [5, 5.41) is 10.3. The fourth-order valence-electron chi connectivity index (χ4n) is 2.02. The van der Waals surface area contributed by atoms with E-state index in [2.05, 4.69) is 4.90 Å². The van der Waals surface area contributed by atoms with Crippen LogP contribution < -0.4 is 0 Å². The molecule has 1 aromatic rings. The van der Waals surface area contributed by atoms with Gasteiger partial charge in [-0.15, -0.1) is 0 Å².